The highest BCUT2D eigenvalue weighted by Crippen LogP contribution is 2.30. The Labute approximate surface area is 115 Å². The first kappa shape index (κ1) is 14.2. The highest BCUT2D eigenvalue weighted by molar-refractivity contribution is 5.43. The number of rotatable bonds is 4. The third kappa shape index (κ3) is 3.61. The molecule has 0 aromatic heterocycles. The Balaban J connectivity index is 2.13. The molecule has 1 aromatic carbocycles. The number of methoxy groups -OCH3 is 2. The molecule has 4 heteroatoms. The summed E-state index contributed by atoms with van der Waals surface area (Å²) in [7, 11) is 3.34. The van der Waals surface area contributed by atoms with Crippen LogP contribution in [0.15, 0.2) is 18.2 Å². The molecule has 0 spiro atoms. The smallest absolute Gasteiger partial charge is 0.160 e. The molecule has 1 heterocycles. The van der Waals surface area contributed by atoms with Gasteiger partial charge in [0.2, 0.25) is 0 Å². The number of hydrogen-bond acceptors (Lipinski definition) is 4. The molecule has 2 rings (SSSR count). The van der Waals surface area contributed by atoms with E-state index in [1.54, 1.807) is 14.2 Å². The van der Waals surface area contributed by atoms with Crippen molar-refractivity contribution in [3.8, 4) is 11.5 Å². The third-order valence-electron chi connectivity index (χ3n) is 3.66. The van der Waals surface area contributed by atoms with E-state index in [-0.39, 0.29) is 5.41 Å². The molecule has 1 aliphatic heterocycles. The van der Waals surface area contributed by atoms with Crippen molar-refractivity contribution in [2.45, 2.75) is 13.3 Å². The molecule has 106 valence electrons. The molecule has 4 nitrogen and oxygen atoms in total. The van der Waals surface area contributed by atoms with Gasteiger partial charge >= 0.3 is 0 Å². The van der Waals surface area contributed by atoms with Crippen LogP contribution in [0.5, 0.6) is 11.5 Å². The molecule has 0 radical (unpaired) electrons. The zero-order chi connectivity index (χ0) is 13.7. The summed E-state index contributed by atoms with van der Waals surface area (Å²) in [5, 5.41) is 6.98. The molecule has 0 bridgehead atoms. The van der Waals surface area contributed by atoms with Gasteiger partial charge in [-0.25, -0.2) is 0 Å². The summed E-state index contributed by atoms with van der Waals surface area (Å²) in [5.41, 5.74) is 1.52. The van der Waals surface area contributed by atoms with Crippen LogP contribution in [0.2, 0.25) is 0 Å². The van der Waals surface area contributed by atoms with E-state index < -0.39 is 0 Å². The third-order valence-corrected chi connectivity index (χ3v) is 3.66. The van der Waals surface area contributed by atoms with Crippen molar-refractivity contribution in [2.75, 3.05) is 40.4 Å². The summed E-state index contributed by atoms with van der Waals surface area (Å²) in [4.78, 5) is 0. The van der Waals surface area contributed by atoms with Crippen LogP contribution in [0.4, 0.5) is 0 Å². The van der Waals surface area contributed by atoms with E-state index in [9.17, 15) is 0 Å². The van der Waals surface area contributed by atoms with E-state index in [1.165, 1.54) is 5.56 Å². The highest BCUT2D eigenvalue weighted by Gasteiger charge is 2.26. The summed E-state index contributed by atoms with van der Waals surface area (Å²) in [5.74, 6) is 1.59. The van der Waals surface area contributed by atoms with Crippen molar-refractivity contribution in [1.29, 1.82) is 0 Å². The molecule has 1 aliphatic rings. The normalized spacial score (nSPS) is 18.7. The lowest BCUT2D eigenvalue weighted by atomic mass is 9.83. The second-order valence-electron chi connectivity index (χ2n) is 5.53. The van der Waals surface area contributed by atoms with Crippen LogP contribution in [0, 0.1) is 5.41 Å². The topological polar surface area (TPSA) is 42.5 Å². The monoisotopic (exact) mass is 264 g/mol. The van der Waals surface area contributed by atoms with Crippen LogP contribution in [-0.2, 0) is 6.42 Å². The van der Waals surface area contributed by atoms with Crippen LogP contribution in [0.1, 0.15) is 12.5 Å². The Morgan fingerprint density at radius 1 is 1.05 bits per heavy atom. The van der Waals surface area contributed by atoms with E-state index in [2.05, 4.69) is 29.7 Å². The fraction of sp³-hybridized carbons (Fsp3) is 0.600. The van der Waals surface area contributed by atoms with Gasteiger partial charge in [-0.15, -0.1) is 0 Å². The Bertz CT molecular complexity index is 413. The van der Waals surface area contributed by atoms with Gasteiger partial charge in [-0.2, -0.15) is 0 Å². The van der Waals surface area contributed by atoms with Gasteiger partial charge in [0.1, 0.15) is 0 Å². The first-order valence-electron chi connectivity index (χ1n) is 6.79. The lowest BCUT2D eigenvalue weighted by molar-refractivity contribution is 0.313. The van der Waals surface area contributed by atoms with Crippen molar-refractivity contribution in [3.63, 3.8) is 0 Å². The quantitative estimate of drug-likeness (QED) is 0.864. The van der Waals surface area contributed by atoms with Crippen molar-refractivity contribution >= 4 is 0 Å². The molecule has 0 amide bonds. The van der Waals surface area contributed by atoms with Gasteiger partial charge in [0.25, 0.3) is 0 Å². The molecule has 0 atom stereocenters. The Morgan fingerprint density at radius 3 is 2.26 bits per heavy atom. The van der Waals surface area contributed by atoms with E-state index in [0.717, 1.165) is 44.1 Å². The van der Waals surface area contributed by atoms with Gasteiger partial charge in [0.15, 0.2) is 11.5 Å². The maximum absolute atomic E-state index is 5.37. The SMILES string of the molecule is COc1ccc(CC2(C)CNCCNC2)cc1OC. The molecular weight excluding hydrogens is 240 g/mol. The van der Waals surface area contributed by atoms with Crippen LogP contribution < -0.4 is 20.1 Å². The van der Waals surface area contributed by atoms with Gasteiger partial charge in [-0.05, 0) is 29.5 Å². The van der Waals surface area contributed by atoms with Crippen LogP contribution in [0.25, 0.3) is 0 Å². The Kier molecular flexibility index (Phi) is 4.66. The summed E-state index contributed by atoms with van der Waals surface area (Å²) in [6, 6.07) is 6.18. The van der Waals surface area contributed by atoms with Gasteiger partial charge in [0, 0.05) is 26.2 Å². The molecule has 2 N–H and O–H groups in total. The number of benzene rings is 1. The minimum absolute atomic E-state index is 0.232. The molecule has 0 unspecified atom stereocenters. The molecule has 1 fully saturated rings. The Hall–Kier alpha value is -1.26. The molecule has 0 aliphatic carbocycles. The largest absolute Gasteiger partial charge is 0.493 e. The predicted molar refractivity (Wildman–Crippen MR) is 77.1 cm³/mol. The standard InChI is InChI=1S/C15H24N2O2/c1-15(10-16-6-7-17-11-15)9-12-4-5-13(18-2)14(8-12)19-3/h4-5,8,16-17H,6-7,9-11H2,1-3H3. The summed E-state index contributed by atoms with van der Waals surface area (Å²) in [6.07, 6.45) is 1.02. The Morgan fingerprint density at radius 2 is 1.68 bits per heavy atom. The van der Waals surface area contributed by atoms with Crippen molar-refractivity contribution in [3.05, 3.63) is 23.8 Å². The van der Waals surface area contributed by atoms with E-state index >= 15 is 0 Å². The van der Waals surface area contributed by atoms with E-state index in [4.69, 9.17) is 9.47 Å². The van der Waals surface area contributed by atoms with Crippen LogP contribution in [-0.4, -0.2) is 40.4 Å². The lowest BCUT2D eigenvalue weighted by Crippen LogP contribution is -2.37. The summed E-state index contributed by atoms with van der Waals surface area (Å²) in [6.45, 7) is 6.47. The second-order valence-corrected chi connectivity index (χ2v) is 5.53. The fourth-order valence-electron chi connectivity index (χ4n) is 2.63. The molecule has 19 heavy (non-hydrogen) atoms. The maximum atomic E-state index is 5.37. The van der Waals surface area contributed by atoms with E-state index in [0.29, 0.717) is 0 Å². The first-order valence-corrected chi connectivity index (χ1v) is 6.79. The molecular formula is C15H24N2O2. The lowest BCUT2D eigenvalue weighted by Gasteiger charge is -2.28. The average Bonchev–Trinajstić information content (AvgIpc) is 2.63. The highest BCUT2D eigenvalue weighted by atomic mass is 16.5. The first-order chi connectivity index (χ1) is 9.17. The maximum Gasteiger partial charge on any atom is 0.160 e. The predicted octanol–water partition coefficient (Wildman–Crippen LogP) is 1.45. The fourth-order valence-corrected chi connectivity index (χ4v) is 2.63. The van der Waals surface area contributed by atoms with E-state index in [1.807, 2.05) is 6.07 Å². The number of nitrogens with one attached hydrogen (secondary N) is 2. The zero-order valence-electron chi connectivity index (χ0n) is 12.1. The van der Waals surface area contributed by atoms with Gasteiger partial charge < -0.3 is 20.1 Å². The molecule has 1 saturated heterocycles. The molecule has 1 aromatic rings. The van der Waals surface area contributed by atoms with Crippen molar-refractivity contribution in [2.24, 2.45) is 5.41 Å². The summed E-state index contributed by atoms with van der Waals surface area (Å²) < 4.78 is 10.6. The number of hydrogen-bond donors (Lipinski definition) is 2. The van der Waals surface area contributed by atoms with Crippen LogP contribution >= 0.6 is 0 Å². The van der Waals surface area contributed by atoms with Crippen molar-refractivity contribution in [1.82, 2.24) is 10.6 Å². The zero-order valence-corrected chi connectivity index (χ0v) is 12.1. The minimum Gasteiger partial charge on any atom is -0.493 e. The summed E-state index contributed by atoms with van der Waals surface area (Å²) >= 11 is 0. The molecule has 0 saturated carbocycles. The minimum atomic E-state index is 0.232. The van der Waals surface area contributed by atoms with Crippen LogP contribution in [0.3, 0.4) is 0 Å². The van der Waals surface area contributed by atoms with Gasteiger partial charge in [-0.3, -0.25) is 0 Å². The van der Waals surface area contributed by atoms with Gasteiger partial charge in [0.05, 0.1) is 14.2 Å². The average molecular weight is 264 g/mol. The second kappa shape index (κ2) is 6.26. The number of ether oxygens (including phenoxy) is 2. The van der Waals surface area contributed by atoms with Gasteiger partial charge in [-0.1, -0.05) is 13.0 Å². The van der Waals surface area contributed by atoms with Crippen molar-refractivity contribution < 1.29 is 9.47 Å².